The summed E-state index contributed by atoms with van der Waals surface area (Å²) in [4.78, 5) is 14.3. The molecule has 0 aliphatic rings. The van der Waals surface area contributed by atoms with Crippen LogP contribution in [0, 0.1) is 6.92 Å². The lowest BCUT2D eigenvalue weighted by Crippen LogP contribution is -1.99. The highest BCUT2D eigenvalue weighted by Gasteiger charge is 2.09. The van der Waals surface area contributed by atoms with E-state index in [-0.39, 0.29) is 5.82 Å². The van der Waals surface area contributed by atoms with Gasteiger partial charge in [0, 0.05) is 6.20 Å². The average molecular weight is 177 g/mol. The number of hydrogen-bond acceptors (Lipinski definition) is 3. The van der Waals surface area contributed by atoms with E-state index in [9.17, 15) is 4.79 Å². The highest BCUT2D eigenvalue weighted by Crippen LogP contribution is 2.03. The molecule has 0 saturated heterocycles. The second-order valence-electron chi connectivity index (χ2n) is 2.75. The Morgan fingerprint density at radius 1 is 1.54 bits per heavy atom. The fraction of sp³-hybridized carbons (Fsp3) is 0.125. The molecule has 0 saturated carbocycles. The first kappa shape index (κ1) is 7.72. The molecule has 2 aromatic rings. The molecule has 0 aliphatic carbocycles. The molecule has 66 valence electrons. The molecule has 13 heavy (non-hydrogen) atoms. The summed E-state index contributed by atoms with van der Waals surface area (Å²) in [6, 6.07) is 3.59. The Kier molecular flexibility index (Phi) is 1.51. The SMILES string of the molecule is Cc1ccc2nc(C(=O)O)nn2c1. The Balaban J connectivity index is 2.68. The van der Waals surface area contributed by atoms with Gasteiger partial charge >= 0.3 is 5.97 Å². The van der Waals surface area contributed by atoms with Crippen molar-refractivity contribution in [3.05, 3.63) is 29.7 Å². The van der Waals surface area contributed by atoms with Gasteiger partial charge in [-0.15, -0.1) is 5.10 Å². The third kappa shape index (κ3) is 1.24. The summed E-state index contributed by atoms with van der Waals surface area (Å²) in [5.41, 5.74) is 1.55. The van der Waals surface area contributed by atoms with E-state index in [1.807, 2.05) is 13.0 Å². The lowest BCUT2D eigenvalue weighted by molar-refractivity contribution is 0.0684. The molecule has 0 unspecified atom stereocenters. The van der Waals surface area contributed by atoms with E-state index in [0.29, 0.717) is 5.65 Å². The molecule has 0 aromatic carbocycles. The van der Waals surface area contributed by atoms with Gasteiger partial charge in [-0.3, -0.25) is 0 Å². The highest BCUT2D eigenvalue weighted by molar-refractivity contribution is 5.83. The fourth-order valence-corrected chi connectivity index (χ4v) is 1.08. The number of hydrogen-bond donors (Lipinski definition) is 1. The standard InChI is InChI=1S/C8H7N3O2/c1-5-2-3-6-9-7(8(12)13)10-11(6)4-5/h2-4H,1H3,(H,12,13). The summed E-state index contributed by atoms with van der Waals surface area (Å²) in [6.07, 6.45) is 1.73. The zero-order chi connectivity index (χ0) is 9.42. The Bertz CT molecular complexity index is 475. The van der Waals surface area contributed by atoms with Crippen LogP contribution in [-0.4, -0.2) is 25.7 Å². The predicted molar refractivity (Wildman–Crippen MR) is 44.7 cm³/mol. The summed E-state index contributed by atoms with van der Waals surface area (Å²) in [5.74, 6) is -1.29. The molecule has 5 nitrogen and oxygen atoms in total. The Morgan fingerprint density at radius 3 is 3.00 bits per heavy atom. The highest BCUT2D eigenvalue weighted by atomic mass is 16.4. The minimum absolute atomic E-state index is 0.175. The topological polar surface area (TPSA) is 67.5 Å². The van der Waals surface area contributed by atoms with Gasteiger partial charge in [-0.25, -0.2) is 14.3 Å². The molecule has 0 spiro atoms. The lowest BCUT2D eigenvalue weighted by Gasteiger charge is -1.91. The number of nitrogens with zero attached hydrogens (tertiary/aromatic N) is 3. The quantitative estimate of drug-likeness (QED) is 0.697. The first-order valence-corrected chi connectivity index (χ1v) is 3.73. The predicted octanol–water partition coefficient (Wildman–Crippen LogP) is 0.736. The lowest BCUT2D eigenvalue weighted by atomic mass is 10.3. The number of carboxylic acids is 1. The van der Waals surface area contributed by atoms with Crippen LogP contribution in [0.2, 0.25) is 0 Å². The largest absolute Gasteiger partial charge is 0.475 e. The van der Waals surface area contributed by atoms with E-state index < -0.39 is 5.97 Å². The third-order valence-corrected chi connectivity index (χ3v) is 1.67. The summed E-state index contributed by atoms with van der Waals surface area (Å²) in [6.45, 7) is 1.90. The first-order chi connectivity index (χ1) is 6.16. The maximum atomic E-state index is 10.5. The molecule has 0 aliphatic heterocycles. The molecule has 0 fully saturated rings. The van der Waals surface area contributed by atoms with E-state index in [1.165, 1.54) is 4.52 Å². The van der Waals surface area contributed by atoms with Gasteiger partial charge in [-0.05, 0) is 18.6 Å². The number of fused-ring (bicyclic) bond motifs is 1. The van der Waals surface area contributed by atoms with E-state index in [0.717, 1.165) is 5.56 Å². The number of pyridine rings is 1. The molecule has 0 radical (unpaired) electrons. The van der Waals surface area contributed by atoms with Crippen molar-refractivity contribution in [2.45, 2.75) is 6.92 Å². The van der Waals surface area contributed by atoms with Crippen LogP contribution in [0.5, 0.6) is 0 Å². The van der Waals surface area contributed by atoms with Gasteiger partial charge in [0.2, 0.25) is 0 Å². The maximum absolute atomic E-state index is 10.5. The average Bonchev–Trinajstić information content (AvgIpc) is 2.46. The molecular formula is C8H7N3O2. The van der Waals surface area contributed by atoms with E-state index in [2.05, 4.69) is 10.1 Å². The van der Waals surface area contributed by atoms with Gasteiger partial charge in [0.15, 0.2) is 5.65 Å². The molecule has 2 heterocycles. The van der Waals surface area contributed by atoms with E-state index >= 15 is 0 Å². The maximum Gasteiger partial charge on any atom is 0.375 e. The molecule has 5 heteroatoms. The van der Waals surface area contributed by atoms with Crippen molar-refractivity contribution in [1.82, 2.24) is 14.6 Å². The van der Waals surface area contributed by atoms with Crippen molar-refractivity contribution in [1.29, 1.82) is 0 Å². The summed E-state index contributed by atoms with van der Waals surface area (Å²) in [5, 5.41) is 12.4. The Hall–Kier alpha value is -1.91. The zero-order valence-corrected chi connectivity index (χ0v) is 6.93. The van der Waals surface area contributed by atoms with Crippen LogP contribution in [0.25, 0.3) is 5.65 Å². The molecule has 2 aromatic heterocycles. The Labute approximate surface area is 73.6 Å². The van der Waals surface area contributed by atoms with Crippen molar-refractivity contribution >= 4 is 11.6 Å². The van der Waals surface area contributed by atoms with Crippen molar-refractivity contribution in [3.63, 3.8) is 0 Å². The van der Waals surface area contributed by atoms with Gasteiger partial charge in [0.25, 0.3) is 5.82 Å². The van der Waals surface area contributed by atoms with E-state index in [4.69, 9.17) is 5.11 Å². The van der Waals surface area contributed by atoms with Crippen LogP contribution >= 0.6 is 0 Å². The second-order valence-corrected chi connectivity index (χ2v) is 2.75. The molecule has 0 atom stereocenters. The minimum Gasteiger partial charge on any atom is -0.475 e. The number of carboxylic acid groups (broad SMARTS) is 1. The zero-order valence-electron chi connectivity index (χ0n) is 6.93. The third-order valence-electron chi connectivity index (χ3n) is 1.67. The van der Waals surface area contributed by atoms with Crippen LogP contribution in [0.1, 0.15) is 16.2 Å². The van der Waals surface area contributed by atoms with Gasteiger partial charge in [0.1, 0.15) is 0 Å². The van der Waals surface area contributed by atoms with E-state index in [1.54, 1.807) is 12.3 Å². The summed E-state index contributed by atoms with van der Waals surface area (Å²) >= 11 is 0. The normalized spacial score (nSPS) is 10.5. The molecule has 0 amide bonds. The smallest absolute Gasteiger partial charge is 0.375 e. The molecular weight excluding hydrogens is 170 g/mol. The molecule has 2 rings (SSSR count). The van der Waals surface area contributed by atoms with Crippen molar-refractivity contribution in [2.75, 3.05) is 0 Å². The van der Waals surface area contributed by atoms with Crippen molar-refractivity contribution in [3.8, 4) is 0 Å². The Morgan fingerprint density at radius 2 is 2.31 bits per heavy atom. The van der Waals surface area contributed by atoms with Crippen LogP contribution in [0.3, 0.4) is 0 Å². The molecule has 1 N–H and O–H groups in total. The van der Waals surface area contributed by atoms with Crippen LogP contribution in [-0.2, 0) is 0 Å². The first-order valence-electron chi connectivity index (χ1n) is 3.73. The number of aromatic nitrogens is 3. The molecule has 0 bridgehead atoms. The van der Waals surface area contributed by atoms with Crippen molar-refractivity contribution in [2.24, 2.45) is 0 Å². The van der Waals surface area contributed by atoms with Crippen LogP contribution < -0.4 is 0 Å². The van der Waals surface area contributed by atoms with Gasteiger partial charge in [0.05, 0.1) is 0 Å². The van der Waals surface area contributed by atoms with Gasteiger partial charge in [-0.1, -0.05) is 6.07 Å². The number of aryl methyl sites for hydroxylation is 1. The van der Waals surface area contributed by atoms with Crippen LogP contribution in [0.15, 0.2) is 18.3 Å². The number of carbonyl (C=O) groups is 1. The monoisotopic (exact) mass is 177 g/mol. The van der Waals surface area contributed by atoms with Gasteiger partial charge in [-0.2, -0.15) is 0 Å². The second kappa shape index (κ2) is 2.55. The fourth-order valence-electron chi connectivity index (χ4n) is 1.08. The number of aromatic carboxylic acids is 1. The minimum atomic E-state index is -1.11. The van der Waals surface area contributed by atoms with Crippen molar-refractivity contribution < 1.29 is 9.90 Å². The summed E-state index contributed by atoms with van der Waals surface area (Å²) < 4.78 is 1.46. The van der Waals surface area contributed by atoms with Gasteiger partial charge < -0.3 is 5.11 Å². The summed E-state index contributed by atoms with van der Waals surface area (Å²) in [7, 11) is 0. The number of rotatable bonds is 1. The van der Waals surface area contributed by atoms with Crippen LogP contribution in [0.4, 0.5) is 0 Å².